The van der Waals surface area contributed by atoms with Gasteiger partial charge in [-0.1, -0.05) is 67.6 Å². The SMILES string of the molecule is CCCCN1C(=O)C(=C2Sc3ccccc3N2C)SC1=NCc1ccccc1. The number of amides is 1. The highest BCUT2D eigenvalue weighted by atomic mass is 32.2. The Morgan fingerprint density at radius 2 is 1.75 bits per heavy atom. The van der Waals surface area contributed by atoms with Crippen molar-refractivity contribution in [3.05, 3.63) is 70.1 Å². The van der Waals surface area contributed by atoms with Crippen LogP contribution in [-0.4, -0.2) is 29.6 Å². The molecule has 6 heteroatoms. The van der Waals surface area contributed by atoms with E-state index in [9.17, 15) is 4.79 Å². The van der Waals surface area contributed by atoms with Crippen LogP contribution in [0.2, 0.25) is 0 Å². The zero-order valence-electron chi connectivity index (χ0n) is 16.1. The van der Waals surface area contributed by atoms with Gasteiger partial charge in [0.2, 0.25) is 0 Å². The Morgan fingerprint density at radius 1 is 1.00 bits per heavy atom. The van der Waals surface area contributed by atoms with Gasteiger partial charge in [-0.3, -0.25) is 14.7 Å². The summed E-state index contributed by atoms with van der Waals surface area (Å²) in [7, 11) is 2.03. The van der Waals surface area contributed by atoms with Crippen molar-refractivity contribution in [3.8, 4) is 0 Å². The summed E-state index contributed by atoms with van der Waals surface area (Å²) in [5.74, 6) is 0.0763. The number of aliphatic imine (C=N–C) groups is 1. The Labute approximate surface area is 174 Å². The van der Waals surface area contributed by atoms with Crippen LogP contribution in [0, 0.1) is 0 Å². The van der Waals surface area contributed by atoms with Crippen molar-refractivity contribution in [2.45, 2.75) is 31.2 Å². The Morgan fingerprint density at radius 3 is 2.50 bits per heavy atom. The van der Waals surface area contributed by atoms with E-state index in [1.165, 1.54) is 16.7 Å². The van der Waals surface area contributed by atoms with E-state index < -0.39 is 0 Å². The van der Waals surface area contributed by atoms with Gasteiger partial charge in [-0.2, -0.15) is 0 Å². The van der Waals surface area contributed by atoms with Crippen molar-refractivity contribution in [1.29, 1.82) is 0 Å². The molecule has 4 rings (SSSR count). The molecule has 0 spiro atoms. The van der Waals surface area contributed by atoms with E-state index in [0.717, 1.165) is 39.2 Å². The summed E-state index contributed by atoms with van der Waals surface area (Å²) in [4.78, 5) is 24.0. The first kappa shape index (κ1) is 19.2. The molecule has 0 unspecified atom stereocenters. The van der Waals surface area contributed by atoms with Crippen LogP contribution < -0.4 is 4.90 Å². The molecule has 0 atom stereocenters. The van der Waals surface area contributed by atoms with E-state index in [1.807, 2.05) is 42.3 Å². The first-order chi connectivity index (χ1) is 13.7. The molecule has 0 saturated carbocycles. The number of benzene rings is 2. The summed E-state index contributed by atoms with van der Waals surface area (Å²) in [5, 5.41) is 1.82. The second-order valence-corrected chi connectivity index (χ2v) is 8.77. The van der Waals surface area contributed by atoms with Crippen molar-refractivity contribution in [1.82, 2.24) is 4.90 Å². The summed E-state index contributed by atoms with van der Waals surface area (Å²) >= 11 is 3.18. The minimum absolute atomic E-state index is 0.0763. The number of anilines is 1. The molecule has 28 heavy (non-hydrogen) atoms. The number of rotatable bonds is 5. The highest BCUT2D eigenvalue weighted by molar-refractivity contribution is 8.19. The molecular weight excluding hydrogens is 386 g/mol. The second kappa shape index (κ2) is 8.45. The topological polar surface area (TPSA) is 35.9 Å². The number of nitrogens with zero attached hydrogens (tertiary/aromatic N) is 3. The van der Waals surface area contributed by atoms with Crippen LogP contribution in [0.4, 0.5) is 5.69 Å². The molecule has 4 nitrogen and oxygen atoms in total. The minimum Gasteiger partial charge on any atom is -0.337 e. The molecule has 0 bridgehead atoms. The van der Waals surface area contributed by atoms with E-state index in [1.54, 1.807) is 11.8 Å². The maximum absolute atomic E-state index is 13.2. The van der Waals surface area contributed by atoms with E-state index in [2.05, 4.69) is 36.1 Å². The number of carbonyl (C=O) groups excluding carboxylic acids is 1. The highest BCUT2D eigenvalue weighted by Gasteiger charge is 2.38. The number of hydrogen-bond acceptors (Lipinski definition) is 5. The van der Waals surface area contributed by atoms with Gasteiger partial charge in [0.1, 0.15) is 4.91 Å². The molecule has 0 aromatic heterocycles. The average Bonchev–Trinajstić information content (AvgIpc) is 3.22. The normalized spacial score (nSPS) is 20.4. The number of fused-ring (bicyclic) bond motifs is 1. The molecule has 0 aliphatic carbocycles. The third kappa shape index (κ3) is 3.71. The predicted molar refractivity (Wildman–Crippen MR) is 120 cm³/mol. The number of para-hydroxylation sites is 1. The van der Waals surface area contributed by atoms with Gasteiger partial charge in [-0.05, 0) is 35.9 Å². The van der Waals surface area contributed by atoms with E-state index >= 15 is 0 Å². The quantitative estimate of drug-likeness (QED) is 0.626. The third-order valence-electron chi connectivity index (χ3n) is 4.77. The van der Waals surface area contributed by atoms with Gasteiger partial charge in [0.25, 0.3) is 5.91 Å². The molecule has 0 N–H and O–H groups in total. The van der Waals surface area contributed by atoms with Gasteiger partial charge in [0, 0.05) is 18.5 Å². The van der Waals surface area contributed by atoms with Crippen LogP contribution in [0.3, 0.4) is 0 Å². The average molecular weight is 410 g/mol. The zero-order chi connectivity index (χ0) is 19.5. The van der Waals surface area contributed by atoms with Gasteiger partial charge in [0.15, 0.2) is 5.17 Å². The van der Waals surface area contributed by atoms with Gasteiger partial charge in [0.05, 0.1) is 17.3 Å². The number of unbranched alkanes of at least 4 members (excludes halogenated alkanes) is 1. The fraction of sp³-hybridized carbons (Fsp3) is 0.273. The predicted octanol–water partition coefficient (Wildman–Crippen LogP) is 5.33. The van der Waals surface area contributed by atoms with Crippen LogP contribution in [-0.2, 0) is 11.3 Å². The van der Waals surface area contributed by atoms with Gasteiger partial charge in [-0.15, -0.1) is 0 Å². The first-order valence-corrected chi connectivity index (χ1v) is 11.2. The van der Waals surface area contributed by atoms with E-state index in [0.29, 0.717) is 13.1 Å². The molecule has 144 valence electrons. The molecular formula is C22H23N3OS2. The van der Waals surface area contributed by atoms with Crippen molar-refractivity contribution < 1.29 is 4.79 Å². The fourth-order valence-corrected chi connectivity index (χ4v) is 5.56. The molecule has 1 amide bonds. The van der Waals surface area contributed by atoms with Crippen molar-refractivity contribution in [2.24, 2.45) is 4.99 Å². The van der Waals surface area contributed by atoms with Gasteiger partial charge >= 0.3 is 0 Å². The molecule has 2 aromatic rings. The maximum atomic E-state index is 13.2. The van der Waals surface area contributed by atoms with E-state index in [-0.39, 0.29) is 5.91 Å². The number of amidine groups is 1. The van der Waals surface area contributed by atoms with Crippen LogP contribution in [0.25, 0.3) is 0 Å². The third-order valence-corrected chi connectivity index (χ3v) is 7.24. The van der Waals surface area contributed by atoms with E-state index in [4.69, 9.17) is 4.99 Å². The lowest BCUT2D eigenvalue weighted by Crippen LogP contribution is -2.30. The van der Waals surface area contributed by atoms with Gasteiger partial charge in [-0.25, -0.2) is 0 Å². The van der Waals surface area contributed by atoms with Crippen LogP contribution in [0.5, 0.6) is 0 Å². The maximum Gasteiger partial charge on any atom is 0.269 e. The van der Waals surface area contributed by atoms with Crippen molar-refractivity contribution in [3.63, 3.8) is 0 Å². The molecule has 2 aromatic carbocycles. The standard InChI is InChI=1S/C22H23N3OS2/c1-3-4-14-25-20(26)19(21-24(2)17-12-8-9-13-18(17)27-21)28-22(25)23-15-16-10-6-5-7-11-16/h5-13H,3-4,14-15H2,1-2H3. The fourth-order valence-electron chi connectivity index (χ4n) is 3.21. The lowest BCUT2D eigenvalue weighted by Gasteiger charge is -2.16. The van der Waals surface area contributed by atoms with Crippen LogP contribution >= 0.6 is 23.5 Å². The largest absolute Gasteiger partial charge is 0.337 e. The molecule has 1 fully saturated rings. The Kier molecular flexibility index (Phi) is 5.78. The molecule has 2 aliphatic rings. The van der Waals surface area contributed by atoms with Crippen LogP contribution in [0.15, 0.2) is 74.4 Å². The highest BCUT2D eigenvalue weighted by Crippen LogP contribution is 2.49. The monoisotopic (exact) mass is 409 g/mol. The Bertz CT molecular complexity index is 940. The Balaban J connectivity index is 1.64. The lowest BCUT2D eigenvalue weighted by molar-refractivity contribution is -0.122. The second-order valence-electron chi connectivity index (χ2n) is 6.76. The van der Waals surface area contributed by atoms with Crippen LogP contribution in [0.1, 0.15) is 25.3 Å². The molecule has 1 saturated heterocycles. The summed E-state index contributed by atoms with van der Waals surface area (Å²) < 4.78 is 0. The minimum atomic E-state index is 0.0763. The lowest BCUT2D eigenvalue weighted by atomic mass is 10.2. The first-order valence-electron chi connectivity index (χ1n) is 9.52. The van der Waals surface area contributed by atoms with Crippen molar-refractivity contribution >= 4 is 40.3 Å². The molecule has 0 radical (unpaired) electrons. The summed E-state index contributed by atoms with van der Waals surface area (Å²) in [5.41, 5.74) is 2.30. The zero-order valence-corrected chi connectivity index (χ0v) is 17.7. The smallest absolute Gasteiger partial charge is 0.269 e. The molecule has 2 heterocycles. The van der Waals surface area contributed by atoms with Gasteiger partial charge < -0.3 is 4.90 Å². The number of hydrogen-bond donors (Lipinski definition) is 0. The Hall–Kier alpha value is -2.18. The number of carbonyl (C=O) groups is 1. The summed E-state index contributed by atoms with van der Waals surface area (Å²) in [6.07, 6.45) is 2.02. The molecule has 2 aliphatic heterocycles. The summed E-state index contributed by atoms with van der Waals surface area (Å²) in [6.45, 7) is 3.45. The number of thioether (sulfide) groups is 2. The van der Waals surface area contributed by atoms with Crippen molar-refractivity contribution in [2.75, 3.05) is 18.5 Å². The summed E-state index contributed by atoms with van der Waals surface area (Å²) in [6, 6.07) is 18.5.